The van der Waals surface area contributed by atoms with Gasteiger partial charge in [0.25, 0.3) is 0 Å². The number of pyridine rings is 1. The fraction of sp³-hybridized carbons (Fsp3) is 0.400. The van der Waals surface area contributed by atoms with E-state index in [0.29, 0.717) is 12.2 Å². The molecule has 1 heterocycles. The lowest BCUT2D eigenvalue weighted by Gasteiger charge is -2.10. The predicted octanol–water partition coefficient (Wildman–Crippen LogP) is 1.94. The van der Waals surface area contributed by atoms with E-state index in [1.54, 1.807) is 30.1 Å². The summed E-state index contributed by atoms with van der Waals surface area (Å²) in [5, 5.41) is 2.67. The molecule has 1 atom stereocenters. The molecule has 98 valence electrons. The van der Waals surface area contributed by atoms with E-state index in [0.717, 1.165) is 5.75 Å². The molecule has 0 spiro atoms. The Kier molecular flexibility index (Phi) is 11.8. The molecule has 0 saturated carbocycles. The number of nitrogens with zero attached hydrogens (tertiary/aromatic N) is 1. The first kappa shape index (κ1) is 18.9. The molecule has 7 heteroatoms. The van der Waals surface area contributed by atoms with Gasteiger partial charge in [-0.15, -0.1) is 24.8 Å². The highest BCUT2D eigenvalue weighted by Crippen LogP contribution is 2.03. The highest BCUT2D eigenvalue weighted by atomic mass is 35.5. The van der Waals surface area contributed by atoms with Crippen LogP contribution in [0.3, 0.4) is 0 Å². The van der Waals surface area contributed by atoms with E-state index in [1.165, 1.54) is 0 Å². The van der Waals surface area contributed by atoms with Gasteiger partial charge in [0.2, 0.25) is 5.91 Å². The van der Waals surface area contributed by atoms with E-state index < -0.39 is 6.04 Å². The predicted molar refractivity (Wildman–Crippen MR) is 78.3 cm³/mol. The number of rotatable bonds is 5. The Labute approximate surface area is 118 Å². The van der Waals surface area contributed by atoms with Crippen molar-refractivity contribution in [2.24, 2.45) is 5.73 Å². The molecular formula is C10H17Cl2N3OS. The molecule has 0 aliphatic rings. The summed E-state index contributed by atoms with van der Waals surface area (Å²) in [4.78, 5) is 15.5. The zero-order chi connectivity index (χ0) is 11.1. The van der Waals surface area contributed by atoms with Gasteiger partial charge in [-0.1, -0.05) is 6.07 Å². The maximum absolute atomic E-state index is 11.5. The van der Waals surface area contributed by atoms with Crippen molar-refractivity contribution in [1.82, 2.24) is 4.98 Å². The molecule has 0 radical (unpaired) electrons. The first-order valence-corrected chi connectivity index (χ1v) is 6.10. The lowest BCUT2D eigenvalue weighted by Crippen LogP contribution is -2.36. The third kappa shape index (κ3) is 7.44. The molecule has 4 nitrogen and oxygen atoms in total. The Morgan fingerprint density at radius 1 is 1.53 bits per heavy atom. The minimum Gasteiger partial charge on any atom is -0.320 e. The summed E-state index contributed by atoms with van der Waals surface area (Å²) in [6.45, 7) is 0. The highest BCUT2D eigenvalue weighted by Gasteiger charge is 2.12. The molecule has 17 heavy (non-hydrogen) atoms. The summed E-state index contributed by atoms with van der Waals surface area (Å²) in [7, 11) is 0. The van der Waals surface area contributed by atoms with Crippen LogP contribution in [0.25, 0.3) is 0 Å². The van der Waals surface area contributed by atoms with Crippen LogP contribution < -0.4 is 11.1 Å². The molecule has 0 bridgehead atoms. The lowest BCUT2D eigenvalue weighted by molar-refractivity contribution is -0.117. The van der Waals surface area contributed by atoms with Crippen LogP contribution in [-0.2, 0) is 4.79 Å². The van der Waals surface area contributed by atoms with Crippen molar-refractivity contribution in [3.63, 3.8) is 0 Å². The minimum absolute atomic E-state index is 0. The van der Waals surface area contributed by atoms with E-state index in [2.05, 4.69) is 10.3 Å². The van der Waals surface area contributed by atoms with Crippen molar-refractivity contribution < 1.29 is 4.79 Å². The zero-order valence-corrected chi connectivity index (χ0v) is 11.9. The first-order valence-electron chi connectivity index (χ1n) is 4.70. The van der Waals surface area contributed by atoms with Crippen LogP contribution in [0.2, 0.25) is 0 Å². The Hall–Kier alpha value is -0.490. The second kappa shape index (κ2) is 10.7. The van der Waals surface area contributed by atoms with Crippen LogP contribution in [-0.4, -0.2) is 28.9 Å². The number of halogens is 2. The summed E-state index contributed by atoms with van der Waals surface area (Å²) in [6.07, 6.45) is 4.30. The second-order valence-corrected chi connectivity index (χ2v) is 4.08. The van der Waals surface area contributed by atoms with E-state index in [-0.39, 0.29) is 30.7 Å². The van der Waals surface area contributed by atoms with Crippen LogP contribution in [0.15, 0.2) is 24.4 Å². The van der Waals surface area contributed by atoms with Crippen molar-refractivity contribution in [3.05, 3.63) is 24.4 Å². The number of aromatic nitrogens is 1. The molecular weight excluding hydrogens is 281 g/mol. The van der Waals surface area contributed by atoms with Gasteiger partial charge in [0, 0.05) is 6.20 Å². The van der Waals surface area contributed by atoms with E-state index in [1.807, 2.05) is 12.3 Å². The van der Waals surface area contributed by atoms with Gasteiger partial charge in [-0.05, 0) is 30.6 Å². The SMILES string of the molecule is CSCC[C@H](N)C(=O)Nc1ccccn1.Cl.Cl. The zero-order valence-electron chi connectivity index (χ0n) is 9.46. The Morgan fingerprint density at radius 3 is 2.76 bits per heavy atom. The quantitative estimate of drug-likeness (QED) is 0.872. The van der Waals surface area contributed by atoms with Crippen LogP contribution >= 0.6 is 36.6 Å². The Bertz CT molecular complexity index is 314. The Balaban J connectivity index is 0. The van der Waals surface area contributed by atoms with Gasteiger partial charge in [0.15, 0.2) is 0 Å². The van der Waals surface area contributed by atoms with Crippen molar-refractivity contribution in [2.45, 2.75) is 12.5 Å². The molecule has 3 N–H and O–H groups in total. The largest absolute Gasteiger partial charge is 0.320 e. The summed E-state index contributed by atoms with van der Waals surface area (Å²) in [5.74, 6) is 1.25. The van der Waals surface area contributed by atoms with Crippen LogP contribution in [0, 0.1) is 0 Å². The molecule has 0 aliphatic carbocycles. The number of hydrogen-bond acceptors (Lipinski definition) is 4. The van der Waals surface area contributed by atoms with Crippen LogP contribution in [0.1, 0.15) is 6.42 Å². The number of amides is 1. The average molecular weight is 298 g/mol. The maximum Gasteiger partial charge on any atom is 0.242 e. The Morgan fingerprint density at radius 2 is 2.24 bits per heavy atom. The summed E-state index contributed by atoms with van der Waals surface area (Å²) < 4.78 is 0. The van der Waals surface area contributed by atoms with Gasteiger partial charge in [-0.3, -0.25) is 4.79 Å². The number of thioether (sulfide) groups is 1. The van der Waals surface area contributed by atoms with Gasteiger partial charge in [-0.2, -0.15) is 11.8 Å². The van der Waals surface area contributed by atoms with Crippen molar-refractivity contribution >= 4 is 48.3 Å². The molecule has 0 aliphatic heterocycles. The second-order valence-electron chi connectivity index (χ2n) is 3.09. The normalized spacial score (nSPS) is 10.7. The van der Waals surface area contributed by atoms with Crippen molar-refractivity contribution in [1.29, 1.82) is 0 Å². The molecule has 0 aromatic carbocycles. The maximum atomic E-state index is 11.5. The summed E-state index contributed by atoms with van der Waals surface area (Å²) in [6, 6.07) is 4.89. The first-order chi connectivity index (χ1) is 7.24. The molecule has 1 aromatic rings. The summed E-state index contributed by atoms with van der Waals surface area (Å²) in [5.41, 5.74) is 5.70. The number of nitrogens with two attached hydrogens (primary N) is 1. The van der Waals surface area contributed by atoms with Gasteiger partial charge >= 0.3 is 0 Å². The van der Waals surface area contributed by atoms with Gasteiger partial charge < -0.3 is 11.1 Å². The monoisotopic (exact) mass is 297 g/mol. The van der Waals surface area contributed by atoms with Gasteiger partial charge in [-0.25, -0.2) is 4.98 Å². The topological polar surface area (TPSA) is 68.0 Å². The van der Waals surface area contributed by atoms with E-state index in [4.69, 9.17) is 5.73 Å². The van der Waals surface area contributed by atoms with Crippen molar-refractivity contribution in [2.75, 3.05) is 17.3 Å². The molecule has 1 aromatic heterocycles. The highest BCUT2D eigenvalue weighted by molar-refractivity contribution is 7.98. The molecule has 1 amide bonds. The van der Waals surface area contributed by atoms with Crippen LogP contribution in [0.4, 0.5) is 5.82 Å². The number of carbonyl (C=O) groups excluding carboxylic acids is 1. The molecule has 1 rings (SSSR count). The fourth-order valence-corrected chi connectivity index (χ4v) is 1.52. The van der Waals surface area contributed by atoms with Crippen molar-refractivity contribution in [3.8, 4) is 0 Å². The molecule has 0 saturated heterocycles. The third-order valence-electron chi connectivity index (χ3n) is 1.89. The van der Waals surface area contributed by atoms with E-state index in [9.17, 15) is 4.79 Å². The number of nitrogens with one attached hydrogen (secondary N) is 1. The van der Waals surface area contributed by atoms with Gasteiger partial charge in [0.05, 0.1) is 6.04 Å². The van der Waals surface area contributed by atoms with Gasteiger partial charge in [0.1, 0.15) is 5.82 Å². The molecule has 0 unspecified atom stereocenters. The lowest BCUT2D eigenvalue weighted by atomic mass is 10.2. The minimum atomic E-state index is -0.459. The fourth-order valence-electron chi connectivity index (χ4n) is 1.03. The third-order valence-corrected chi connectivity index (χ3v) is 2.53. The van der Waals surface area contributed by atoms with Crippen LogP contribution in [0.5, 0.6) is 0 Å². The number of hydrogen-bond donors (Lipinski definition) is 2. The molecule has 0 fully saturated rings. The standard InChI is InChI=1S/C10H15N3OS.2ClH/c1-15-7-5-8(11)10(14)13-9-4-2-3-6-12-9;;/h2-4,6,8H,5,7,11H2,1H3,(H,12,13,14);2*1H/t8-;;/m0../s1. The smallest absolute Gasteiger partial charge is 0.242 e. The number of anilines is 1. The summed E-state index contributed by atoms with van der Waals surface area (Å²) >= 11 is 1.68. The van der Waals surface area contributed by atoms with E-state index >= 15 is 0 Å². The average Bonchev–Trinajstić information content (AvgIpc) is 2.27. The number of carbonyl (C=O) groups is 1.